The predicted octanol–water partition coefficient (Wildman–Crippen LogP) is 1.26. The summed E-state index contributed by atoms with van der Waals surface area (Å²) >= 11 is 0. The van der Waals surface area contributed by atoms with Crippen molar-refractivity contribution in [1.29, 1.82) is 0 Å². The molecule has 0 amide bonds. The molecule has 2 atom stereocenters. The molecule has 4 N–H and O–H groups in total. The Morgan fingerprint density at radius 2 is 1.31 bits per heavy atom. The fourth-order valence-electron chi connectivity index (χ4n) is 1.12. The molecular formula is C10H24N2O. The van der Waals surface area contributed by atoms with Gasteiger partial charge in [-0.15, -0.1) is 0 Å². The molecule has 0 fully saturated rings. The maximum atomic E-state index is 5.60. The molecule has 0 aliphatic carbocycles. The van der Waals surface area contributed by atoms with Crippen LogP contribution < -0.4 is 11.5 Å². The van der Waals surface area contributed by atoms with Gasteiger partial charge in [0.05, 0.1) is 0 Å². The van der Waals surface area contributed by atoms with E-state index in [0.29, 0.717) is 12.1 Å². The normalized spacial score (nSPS) is 15.7. The van der Waals surface area contributed by atoms with Gasteiger partial charge in [0.1, 0.15) is 0 Å². The quantitative estimate of drug-likeness (QED) is 0.564. The highest BCUT2D eigenvalue weighted by atomic mass is 16.5. The molecule has 0 aliphatic heterocycles. The second kappa shape index (κ2) is 8.48. The largest absolute Gasteiger partial charge is 0.381 e. The molecule has 0 aliphatic rings. The maximum Gasteiger partial charge on any atom is 0.0466 e. The zero-order valence-corrected chi connectivity index (χ0v) is 8.96. The minimum atomic E-state index is 0.299. The Hall–Kier alpha value is -0.120. The summed E-state index contributed by atoms with van der Waals surface area (Å²) < 4.78 is 5.42. The van der Waals surface area contributed by atoms with Crippen LogP contribution in [-0.2, 0) is 4.74 Å². The van der Waals surface area contributed by atoms with E-state index in [-0.39, 0.29) is 0 Å². The van der Waals surface area contributed by atoms with Crippen molar-refractivity contribution in [3.63, 3.8) is 0 Å². The molecule has 3 heteroatoms. The first-order valence-electron chi connectivity index (χ1n) is 5.22. The average molecular weight is 188 g/mol. The number of ether oxygens (including phenoxy) is 1. The summed E-state index contributed by atoms with van der Waals surface area (Å²) in [6.45, 7) is 5.72. The second-order valence-electron chi connectivity index (χ2n) is 3.85. The first kappa shape index (κ1) is 12.9. The van der Waals surface area contributed by atoms with E-state index in [9.17, 15) is 0 Å². The van der Waals surface area contributed by atoms with Crippen LogP contribution in [0.1, 0.15) is 39.5 Å². The van der Waals surface area contributed by atoms with Crippen molar-refractivity contribution in [3.8, 4) is 0 Å². The van der Waals surface area contributed by atoms with E-state index in [1.165, 1.54) is 0 Å². The molecular weight excluding hydrogens is 164 g/mol. The molecule has 0 aromatic carbocycles. The molecule has 0 aromatic rings. The standard InChI is InChI=1S/C10H24N2O/c1-9(11)5-3-7-13-8-4-6-10(2)12/h9-10H,3-8,11-12H2,1-2H3. The lowest BCUT2D eigenvalue weighted by Gasteiger charge is -2.07. The molecule has 3 nitrogen and oxygen atoms in total. The zero-order valence-electron chi connectivity index (χ0n) is 8.96. The van der Waals surface area contributed by atoms with Crippen molar-refractivity contribution in [2.24, 2.45) is 11.5 Å². The fraction of sp³-hybridized carbons (Fsp3) is 1.00. The second-order valence-corrected chi connectivity index (χ2v) is 3.85. The van der Waals surface area contributed by atoms with Gasteiger partial charge in [-0.2, -0.15) is 0 Å². The fourth-order valence-corrected chi connectivity index (χ4v) is 1.12. The van der Waals surface area contributed by atoms with E-state index >= 15 is 0 Å². The van der Waals surface area contributed by atoms with Crippen LogP contribution in [-0.4, -0.2) is 25.3 Å². The van der Waals surface area contributed by atoms with Gasteiger partial charge in [-0.1, -0.05) is 0 Å². The zero-order chi connectivity index (χ0) is 10.1. The maximum absolute atomic E-state index is 5.60. The summed E-state index contributed by atoms with van der Waals surface area (Å²) in [6, 6.07) is 0.598. The van der Waals surface area contributed by atoms with E-state index < -0.39 is 0 Å². The third kappa shape index (κ3) is 11.9. The Morgan fingerprint density at radius 1 is 0.923 bits per heavy atom. The third-order valence-electron chi connectivity index (χ3n) is 1.90. The SMILES string of the molecule is CC(N)CCCOCCCC(C)N. The van der Waals surface area contributed by atoms with Crippen LogP contribution in [0.4, 0.5) is 0 Å². The molecule has 0 bridgehead atoms. The van der Waals surface area contributed by atoms with Gasteiger partial charge in [-0.3, -0.25) is 0 Å². The molecule has 0 aromatic heterocycles. The van der Waals surface area contributed by atoms with Gasteiger partial charge in [0.2, 0.25) is 0 Å². The van der Waals surface area contributed by atoms with Crippen LogP contribution >= 0.6 is 0 Å². The third-order valence-corrected chi connectivity index (χ3v) is 1.90. The molecule has 80 valence electrons. The van der Waals surface area contributed by atoms with Crippen molar-refractivity contribution in [1.82, 2.24) is 0 Å². The minimum absolute atomic E-state index is 0.299. The van der Waals surface area contributed by atoms with E-state index in [0.717, 1.165) is 38.9 Å². The molecule has 0 heterocycles. The van der Waals surface area contributed by atoms with Crippen molar-refractivity contribution >= 4 is 0 Å². The highest BCUT2D eigenvalue weighted by molar-refractivity contribution is 4.53. The van der Waals surface area contributed by atoms with Gasteiger partial charge < -0.3 is 16.2 Å². The lowest BCUT2D eigenvalue weighted by atomic mass is 10.2. The Labute approximate surface area is 81.8 Å². The molecule has 0 rings (SSSR count). The summed E-state index contributed by atoms with van der Waals surface area (Å²) in [5.74, 6) is 0. The van der Waals surface area contributed by atoms with E-state index in [4.69, 9.17) is 16.2 Å². The van der Waals surface area contributed by atoms with Gasteiger partial charge in [-0.05, 0) is 39.5 Å². The Bertz CT molecular complexity index is 93.1. The van der Waals surface area contributed by atoms with E-state index in [1.807, 2.05) is 13.8 Å². The smallest absolute Gasteiger partial charge is 0.0466 e. The molecule has 0 saturated heterocycles. The van der Waals surface area contributed by atoms with Crippen LogP contribution in [0.25, 0.3) is 0 Å². The summed E-state index contributed by atoms with van der Waals surface area (Å²) in [6.07, 6.45) is 4.23. The summed E-state index contributed by atoms with van der Waals surface area (Å²) in [5.41, 5.74) is 11.2. The van der Waals surface area contributed by atoms with Crippen LogP contribution in [0.2, 0.25) is 0 Å². The number of nitrogens with two attached hydrogens (primary N) is 2. The highest BCUT2D eigenvalue weighted by Gasteiger charge is 1.96. The summed E-state index contributed by atoms with van der Waals surface area (Å²) in [7, 11) is 0. The Balaban J connectivity index is 2.92. The Kier molecular flexibility index (Phi) is 8.40. The monoisotopic (exact) mass is 188 g/mol. The highest BCUT2D eigenvalue weighted by Crippen LogP contribution is 1.97. The van der Waals surface area contributed by atoms with E-state index in [2.05, 4.69) is 0 Å². The van der Waals surface area contributed by atoms with Crippen LogP contribution in [0.5, 0.6) is 0 Å². The van der Waals surface area contributed by atoms with Gasteiger partial charge in [-0.25, -0.2) is 0 Å². The topological polar surface area (TPSA) is 61.3 Å². The number of hydrogen-bond acceptors (Lipinski definition) is 3. The van der Waals surface area contributed by atoms with E-state index in [1.54, 1.807) is 0 Å². The van der Waals surface area contributed by atoms with Gasteiger partial charge in [0.15, 0.2) is 0 Å². The summed E-state index contributed by atoms with van der Waals surface area (Å²) in [4.78, 5) is 0. The molecule has 2 unspecified atom stereocenters. The van der Waals surface area contributed by atoms with Crippen molar-refractivity contribution in [2.75, 3.05) is 13.2 Å². The van der Waals surface area contributed by atoms with Crippen molar-refractivity contribution in [2.45, 2.75) is 51.6 Å². The van der Waals surface area contributed by atoms with Crippen LogP contribution in [0, 0.1) is 0 Å². The molecule has 0 spiro atoms. The van der Waals surface area contributed by atoms with Gasteiger partial charge in [0, 0.05) is 25.3 Å². The average Bonchev–Trinajstić information content (AvgIpc) is 2.01. The molecule has 0 radical (unpaired) electrons. The first-order chi connectivity index (χ1) is 6.13. The van der Waals surface area contributed by atoms with Crippen LogP contribution in [0.15, 0.2) is 0 Å². The van der Waals surface area contributed by atoms with Gasteiger partial charge in [0.25, 0.3) is 0 Å². The number of rotatable bonds is 8. The van der Waals surface area contributed by atoms with Crippen LogP contribution in [0.3, 0.4) is 0 Å². The van der Waals surface area contributed by atoms with Gasteiger partial charge >= 0.3 is 0 Å². The molecule has 0 saturated carbocycles. The van der Waals surface area contributed by atoms with Crippen molar-refractivity contribution in [3.05, 3.63) is 0 Å². The summed E-state index contributed by atoms with van der Waals surface area (Å²) in [5, 5.41) is 0. The lowest BCUT2D eigenvalue weighted by molar-refractivity contribution is 0.124. The number of hydrogen-bond donors (Lipinski definition) is 2. The Morgan fingerprint density at radius 3 is 1.62 bits per heavy atom. The minimum Gasteiger partial charge on any atom is -0.381 e. The lowest BCUT2D eigenvalue weighted by Crippen LogP contribution is -2.16. The predicted molar refractivity (Wildman–Crippen MR) is 56.6 cm³/mol. The first-order valence-corrected chi connectivity index (χ1v) is 5.22. The van der Waals surface area contributed by atoms with Crippen molar-refractivity contribution < 1.29 is 4.74 Å². The molecule has 13 heavy (non-hydrogen) atoms.